The molecular weight excluding hydrogens is 332 g/mol. The number of aliphatic imine (C=N–C) groups is 1. The van der Waals surface area contributed by atoms with Crippen molar-refractivity contribution in [3.8, 4) is 0 Å². The molecule has 2 saturated heterocycles. The van der Waals surface area contributed by atoms with Crippen LogP contribution in [0.3, 0.4) is 0 Å². The number of ether oxygens (including phenoxy) is 2. The summed E-state index contributed by atoms with van der Waals surface area (Å²) in [6.45, 7) is 12.1. The molecule has 150 valence electrons. The molecule has 0 bridgehead atoms. The highest BCUT2D eigenvalue weighted by molar-refractivity contribution is 5.80. The SMILES string of the molecule is CCCC(CNC(=NC)N1CCC2(CCOC2)C1)NC(=O)OC(C)(C)C. The van der Waals surface area contributed by atoms with E-state index >= 15 is 0 Å². The van der Waals surface area contributed by atoms with Gasteiger partial charge in [-0.1, -0.05) is 13.3 Å². The summed E-state index contributed by atoms with van der Waals surface area (Å²) in [4.78, 5) is 18.8. The molecule has 2 rings (SSSR count). The van der Waals surface area contributed by atoms with Crippen LogP contribution in [0.2, 0.25) is 0 Å². The Labute approximate surface area is 157 Å². The lowest BCUT2D eigenvalue weighted by Crippen LogP contribution is -2.49. The van der Waals surface area contributed by atoms with Crippen molar-refractivity contribution in [2.24, 2.45) is 10.4 Å². The number of hydrogen-bond donors (Lipinski definition) is 2. The molecule has 2 aliphatic rings. The van der Waals surface area contributed by atoms with Crippen LogP contribution in [0.5, 0.6) is 0 Å². The predicted octanol–water partition coefficient (Wildman–Crippen LogP) is 2.37. The Morgan fingerprint density at radius 2 is 2.15 bits per heavy atom. The number of nitrogens with one attached hydrogen (secondary N) is 2. The number of nitrogens with zero attached hydrogens (tertiary/aromatic N) is 2. The Kier molecular flexibility index (Phi) is 7.15. The molecule has 1 amide bonds. The van der Waals surface area contributed by atoms with Gasteiger partial charge < -0.3 is 25.0 Å². The molecule has 2 atom stereocenters. The summed E-state index contributed by atoms with van der Waals surface area (Å²) in [7, 11) is 1.81. The molecule has 7 nitrogen and oxygen atoms in total. The van der Waals surface area contributed by atoms with E-state index < -0.39 is 5.60 Å². The fourth-order valence-corrected chi connectivity index (χ4v) is 3.68. The lowest BCUT2D eigenvalue weighted by atomic mass is 9.87. The molecular formula is C19H36N4O3. The molecule has 0 aromatic heterocycles. The van der Waals surface area contributed by atoms with Gasteiger partial charge >= 0.3 is 6.09 Å². The topological polar surface area (TPSA) is 75.2 Å². The second kappa shape index (κ2) is 8.93. The maximum absolute atomic E-state index is 12.1. The zero-order valence-electron chi connectivity index (χ0n) is 17.1. The van der Waals surface area contributed by atoms with Gasteiger partial charge in [0.05, 0.1) is 6.61 Å². The van der Waals surface area contributed by atoms with Crippen molar-refractivity contribution in [3.05, 3.63) is 0 Å². The van der Waals surface area contributed by atoms with E-state index in [1.807, 2.05) is 27.8 Å². The third kappa shape index (κ3) is 6.04. The second-order valence-electron chi connectivity index (χ2n) is 8.53. The van der Waals surface area contributed by atoms with E-state index in [-0.39, 0.29) is 12.1 Å². The van der Waals surface area contributed by atoms with E-state index in [0.29, 0.717) is 12.0 Å². The van der Waals surface area contributed by atoms with Gasteiger partial charge in [0.25, 0.3) is 0 Å². The van der Waals surface area contributed by atoms with Crippen molar-refractivity contribution in [2.75, 3.05) is 39.9 Å². The maximum atomic E-state index is 12.1. The quantitative estimate of drug-likeness (QED) is 0.576. The summed E-state index contributed by atoms with van der Waals surface area (Å²) in [5, 5.41) is 6.41. The smallest absolute Gasteiger partial charge is 0.407 e. The van der Waals surface area contributed by atoms with Crippen LogP contribution in [0, 0.1) is 5.41 Å². The molecule has 0 aromatic carbocycles. The van der Waals surface area contributed by atoms with E-state index in [1.54, 1.807) is 0 Å². The average Bonchev–Trinajstić information content (AvgIpc) is 3.17. The number of carbonyl (C=O) groups is 1. The van der Waals surface area contributed by atoms with Gasteiger partial charge in [0, 0.05) is 44.7 Å². The van der Waals surface area contributed by atoms with Crippen LogP contribution in [0.15, 0.2) is 4.99 Å². The molecule has 0 aromatic rings. The summed E-state index contributed by atoms with van der Waals surface area (Å²) >= 11 is 0. The van der Waals surface area contributed by atoms with Crippen LogP contribution in [0.25, 0.3) is 0 Å². The molecule has 2 N–H and O–H groups in total. The summed E-state index contributed by atoms with van der Waals surface area (Å²) in [6, 6.07) is 0.0120. The van der Waals surface area contributed by atoms with E-state index in [4.69, 9.17) is 9.47 Å². The minimum absolute atomic E-state index is 0.0120. The lowest BCUT2D eigenvalue weighted by molar-refractivity contribution is 0.0502. The standard InChI is InChI=1S/C19H36N4O3/c1-6-7-15(22-17(24)26-18(2,3)4)12-21-16(20-5)23-10-8-19(13-23)9-11-25-14-19/h15H,6-14H2,1-5H3,(H,20,21)(H,22,24). The van der Waals surface area contributed by atoms with Crippen molar-refractivity contribution in [1.82, 2.24) is 15.5 Å². The zero-order chi connectivity index (χ0) is 19.2. The lowest BCUT2D eigenvalue weighted by Gasteiger charge is -2.27. The van der Waals surface area contributed by atoms with Crippen LogP contribution < -0.4 is 10.6 Å². The molecule has 26 heavy (non-hydrogen) atoms. The Morgan fingerprint density at radius 1 is 1.38 bits per heavy atom. The number of rotatable bonds is 5. The first-order chi connectivity index (χ1) is 12.3. The normalized spacial score (nSPS) is 24.8. The third-order valence-corrected chi connectivity index (χ3v) is 5.00. The summed E-state index contributed by atoms with van der Waals surface area (Å²) in [6.07, 6.45) is 3.81. The van der Waals surface area contributed by atoms with Crippen molar-refractivity contribution in [2.45, 2.75) is 65.0 Å². The van der Waals surface area contributed by atoms with Gasteiger partial charge in [-0.2, -0.15) is 0 Å². The van der Waals surface area contributed by atoms with Crippen molar-refractivity contribution < 1.29 is 14.3 Å². The van der Waals surface area contributed by atoms with Gasteiger partial charge in [-0.05, 0) is 40.0 Å². The second-order valence-corrected chi connectivity index (χ2v) is 8.53. The van der Waals surface area contributed by atoms with Crippen LogP contribution in [-0.4, -0.2) is 68.5 Å². The minimum Gasteiger partial charge on any atom is -0.444 e. The van der Waals surface area contributed by atoms with Gasteiger partial charge in [0.2, 0.25) is 0 Å². The van der Waals surface area contributed by atoms with Crippen LogP contribution in [-0.2, 0) is 9.47 Å². The van der Waals surface area contributed by atoms with Crippen LogP contribution in [0.1, 0.15) is 53.4 Å². The molecule has 2 heterocycles. The molecule has 1 spiro atoms. The predicted molar refractivity (Wildman–Crippen MR) is 103 cm³/mol. The van der Waals surface area contributed by atoms with Gasteiger partial charge in [0.1, 0.15) is 5.60 Å². The first-order valence-corrected chi connectivity index (χ1v) is 9.80. The minimum atomic E-state index is -0.489. The molecule has 2 fully saturated rings. The molecule has 0 saturated carbocycles. The number of alkyl carbamates (subject to hydrolysis) is 1. The van der Waals surface area contributed by atoms with Gasteiger partial charge in [0.15, 0.2) is 5.96 Å². The van der Waals surface area contributed by atoms with Crippen molar-refractivity contribution in [1.29, 1.82) is 0 Å². The summed E-state index contributed by atoms with van der Waals surface area (Å²) < 4.78 is 11.0. The van der Waals surface area contributed by atoms with Crippen molar-refractivity contribution >= 4 is 12.1 Å². The molecule has 0 aliphatic carbocycles. The average molecular weight is 369 g/mol. The first kappa shape index (κ1) is 20.8. The van der Waals surface area contributed by atoms with Crippen LogP contribution >= 0.6 is 0 Å². The molecule has 0 radical (unpaired) electrons. The zero-order valence-corrected chi connectivity index (χ0v) is 17.1. The van der Waals surface area contributed by atoms with E-state index in [0.717, 1.165) is 57.9 Å². The monoisotopic (exact) mass is 368 g/mol. The number of likely N-dealkylation sites (tertiary alicyclic amines) is 1. The fraction of sp³-hybridized carbons (Fsp3) is 0.895. The maximum Gasteiger partial charge on any atom is 0.407 e. The molecule has 7 heteroatoms. The third-order valence-electron chi connectivity index (χ3n) is 5.00. The summed E-state index contributed by atoms with van der Waals surface area (Å²) in [5.74, 6) is 0.904. The van der Waals surface area contributed by atoms with Crippen LogP contribution in [0.4, 0.5) is 4.79 Å². The highest BCUT2D eigenvalue weighted by Gasteiger charge is 2.42. The van der Waals surface area contributed by atoms with E-state index in [9.17, 15) is 4.79 Å². The Hall–Kier alpha value is -1.50. The van der Waals surface area contributed by atoms with Crippen molar-refractivity contribution in [3.63, 3.8) is 0 Å². The largest absolute Gasteiger partial charge is 0.444 e. The fourth-order valence-electron chi connectivity index (χ4n) is 3.68. The Bertz CT molecular complexity index is 496. The highest BCUT2D eigenvalue weighted by Crippen LogP contribution is 2.38. The molecule has 2 unspecified atom stereocenters. The number of amides is 1. The number of hydrogen-bond acceptors (Lipinski definition) is 4. The summed E-state index contributed by atoms with van der Waals surface area (Å²) in [5.41, 5.74) is -0.188. The molecule has 2 aliphatic heterocycles. The first-order valence-electron chi connectivity index (χ1n) is 9.80. The van der Waals surface area contributed by atoms with E-state index in [2.05, 4.69) is 27.4 Å². The Morgan fingerprint density at radius 3 is 2.73 bits per heavy atom. The van der Waals surface area contributed by atoms with Gasteiger partial charge in [-0.3, -0.25) is 4.99 Å². The number of carbonyl (C=O) groups excluding carboxylic acids is 1. The van der Waals surface area contributed by atoms with Gasteiger partial charge in [-0.15, -0.1) is 0 Å². The highest BCUT2D eigenvalue weighted by atomic mass is 16.6. The van der Waals surface area contributed by atoms with Gasteiger partial charge in [-0.25, -0.2) is 4.79 Å². The number of guanidine groups is 1. The Balaban J connectivity index is 1.85. The van der Waals surface area contributed by atoms with E-state index in [1.165, 1.54) is 0 Å².